The Bertz CT molecular complexity index is 446. The molecule has 106 valence electrons. The van der Waals surface area contributed by atoms with Crippen LogP contribution in [0.2, 0.25) is 0 Å². The number of amides is 1. The first-order chi connectivity index (χ1) is 9.13. The van der Waals surface area contributed by atoms with E-state index in [4.69, 9.17) is 10.5 Å². The molecule has 1 aromatic heterocycles. The lowest BCUT2D eigenvalue weighted by atomic mass is 9.73. The lowest BCUT2D eigenvalue weighted by Gasteiger charge is -2.42. The zero-order valence-corrected chi connectivity index (χ0v) is 12.4. The number of hydrogen-bond donors (Lipinski definition) is 2. The fourth-order valence-corrected chi connectivity index (χ4v) is 3.61. The standard InChI is InChI=1S/C14H22N2O2S/c1-10-5-3-4-7-14(10,9-15)16-13(17)12-11(18-2)6-8-19-12/h6,8,10H,3-5,7,9,15H2,1-2H3,(H,16,17). The van der Waals surface area contributed by atoms with Gasteiger partial charge in [0.05, 0.1) is 12.6 Å². The number of nitrogens with two attached hydrogens (primary N) is 1. The van der Waals surface area contributed by atoms with Crippen molar-refractivity contribution in [3.63, 3.8) is 0 Å². The zero-order valence-electron chi connectivity index (χ0n) is 11.6. The van der Waals surface area contributed by atoms with Crippen LogP contribution in [0.5, 0.6) is 5.75 Å². The monoisotopic (exact) mass is 282 g/mol. The number of ether oxygens (including phenoxy) is 1. The van der Waals surface area contributed by atoms with Crippen LogP contribution < -0.4 is 15.8 Å². The van der Waals surface area contributed by atoms with Crippen LogP contribution in [0.15, 0.2) is 11.4 Å². The van der Waals surface area contributed by atoms with Gasteiger partial charge in [-0.1, -0.05) is 19.8 Å². The summed E-state index contributed by atoms with van der Waals surface area (Å²) in [5.74, 6) is 0.991. The smallest absolute Gasteiger partial charge is 0.265 e. The van der Waals surface area contributed by atoms with Gasteiger partial charge < -0.3 is 15.8 Å². The van der Waals surface area contributed by atoms with E-state index in [0.29, 0.717) is 23.1 Å². The van der Waals surface area contributed by atoms with E-state index in [-0.39, 0.29) is 11.4 Å². The molecule has 0 bridgehead atoms. The molecule has 0 radical (unpaired) electrons. The Morgan fingerprint density at radius 1 is 1.63 bits per heavy atom. The van der Waals surface area contributed by atoms with Crippen molar-refractivity contribution in [2.75, 3.05) is 13.7 Å². The van der Waals surface area contributed by atoms with Gasteiger partial charge in [-0.15, -0.1) is 11.3 Å². The molecule has 0 aromatic carbocycles. The summed E-state index contributed by atoms with van der Waals surface area (Å²) in [5.41, 5.74) is 5.70. The van der Waals surface area contributed by atoms with Crippen LogP contribution in [-0.2, 0) is 0 Å². The van der Waals surface area contributed by atoms with Crippen molar-refractivity contribution in [3.05, 3.63) is 16.3 Å². The molecule has 0 aliphatic heterocycles. The molecule has 1 saturated carbocycles. The molecule has 2 atom stereocenters. The van der Waals surface area contributed by atoms with Crippen LogP contribution in [0, 0.1) is 5.92 Å². The maximum atomic E-state index is 12.4. The number of carbonyl (C=O) groups is 1. The quantitative estimate of drug-likeness (QED) is 0.891. The second-order valence-electron chi connectivity index (χ2n) is 5.28. The molecule has 5 heteroatoms. The van der Waals surface area contributed by atoms with Gasteiger partial charge in [-0.25, -0.2) is 0 Å². The third-order valence-electron chi connectivity index (χ3n) is 4.24. The molecule has 1 aliphatic rings. The molecule has 4 nitrogen and oxygen atoms in total. The van der Waals surface area contributed by atoms with Gasteiger partial charge in [0.25, 0.3) is 5.91 Å². The van der Waals surface area contributed by atoms with E-state index in [9.17, 15) is 4.79 Å². The Morgan fingerprint density at radius 3 is 3.05 bits per heavy atom. The van der Waals surface area contributed by atoms with Crippen LogP contribution in [-0.4, -0.2) is 25.1 Å². The van der Waals surface area contributed by atoms with E-state index in [0.717, 1.165) is 19.3 Å². The average molecular weight is 282 g/mol. The van der Waals surface area contributed by atoms with Crippen molar-refractivity contribution in [2.45, 2.75) is 38.1 Å². The third-order valence-corrected chi connectivity index (χ3v) is 5.13. The highest BCUT2D eigenvalue weighted by Crippen LogP contribution is 2.34. The summed E-state index contributed by atoms with van der Waals surface area (Å²) >= 11 is 1.40. The summed E-state index contributed by atoms with van der Waals surface area (Å²) < 4.78 is 5.21. The third kappa shape index (κ3) is 2.77. The van der Waals surface area contributed by atoms with Gasteiger partial charge in [-0.05, 0) is 30.2 Å². The molecule has 1 amide bonds. The Labute approximate surface area is 118 Å². The minimum atomic E-state index is -0.260. The van der Waals surface area contributed by atoms with Gasteiger partial charge in [0.1, 0.15) is 10.6 Å². The summed E-state index contributed by atoms with van der Waals surface area (Å²) in [6, 6.07) is 1.82. The van der Waals surface area contributed by atoms with Crippen molar-refractivity contribution >= 4 is 17.2 Å². The predicted octanol–water partition coefficient (Wildman–Crippen LogP) is 2.39. The van der Waals surface area contributed by atoms with Crippen LogP contribution in [0.3, 0.4) is 0 Å². The van der Waals surface area contributed by atoms with Gasteiger partial charge in [-0.2, -0.15) is 0 Å². The molecule has 0 spiro atoms. The van der Waals surface area contributed by atoms with E-state index in [1.807, 2.05) is 11.4 Å². The van der Waals surface area contributed by atoms with Gasteiger partial charge in [-0.3, -0.25) is 4.79 Å². The number of nitrogens with one attached hydrogen (secondary N) is 1. The van der Waals surface area contributed by atoms with Crippen molar-refractivity contribution in [1.82, 2.24) is 5.32 Å². The number of hydrogen-bond acceptors (Lipinski definition) is 4. The second kappa shape index (κ2) is 5.92. The summed E-state index contributed by atoms with van der Waals surface area (Å²) in [7, 11) is 1.58. The fourth-order valence-electron chi connectivity index (χ4n) is 2.86. The number of methoxy groups -OCH3 is 1. The molecular weight excluding hydrogens is 260 g/mol. The Morgan fingerprint density at radius 2 is 2.42 bits per heavy atom. The summed E-state index contributed by atoms with van der Waals surface area (Å²) in [5, 5.41) is 5.04. The van der Waals surface area contributed by atoms with Gasteiger partial charge in [0, 0.05) is 6.54 Å². The first-order valence-corrected chi connectivity index (χ1v) is 7.65. The molecule has 1 heterocycles. The topological polar surface area (TPSA) is 64.3 Å². The molecule has 2 rings (SSSR count). The molecule has 0 saturated heterocycles. The van der Waals surface area contributed by atoms with Crippen molar-refractivity contribution in [3.8, 4) is 5.75 Å². The van der Waals surface area contributed by atoms with E-state index in [1.54, 1.807) is 7.11 Å². The van der Waals surface area contributed by atoms with E-state index in [2.05, 4.69) is 12.2 Å². The minimum Gasteiger partial charge on any atom is -0.495 e. The maximum absolute atomic E-state index is 12.4. The van der Waals surface area contributed by atoms with Gasteiger partial charge in [0.15, 0.2) is 0 Å². The van der Waals surface area contributed by atoms with Crippen LogP contribution >= 0.6 is 11.3 Å². The van der Waals surface area contributed by atoms with Crippen molar-refractivity contribution < 1.29 is 9.53 Å². The molecular formula is C14H22N2O2S. The molecule has 1 fully saturated rings. The van der Waals surface area contributed by atoms with Crippen molar-refractivity contribution in [2.24, 2.45) is 11.7 Å². The normalized spacial score (nSPS) is 27.0. The lowest BCUT2D eigenvalue weighted by Crippen LogP contribution is -2.59. The number of carbonyl (C=O) groups excluding carboxylic acids is 1. The Kier molecular flexibility index (Phi) is 4.47. The highest BCUT2D eigenvalue weighted by molar-refractivity contribution is 7.12. The van der Waals surface area contributed by atoms with Crippen LogP contribution in [0.25, 0.3) is 0 Å². The number of rotatable bonds is 4. The van der Waals surface area contributed by atoms with Crippen LogP contribution in [0.4, 0.5) is 0 Å². The summed E-state index contributed by atoms with van der Waals surface area (Å²) in [4.78, 5) is 13.1. The minimum absolute atomic E-state index is 0.0638. The highest BCUT2D eigenvalue weighted by Gasteiger charge is 2.38. The first-order valence-electron chi connectivity index (χ1n) is 6.77. The van der Waals surface area contributed by atoms with Crippen LogP contribution in [0.1, 0.15) is 42.3 Å². The number of thiophene rings is 1. The maximum Gasteiger partial charge on any atom is 0.265 e. The highest BCUT2D eigenvalue weighted by atomic mass is 32.1. The Balaban J connectivity index is 2.16. The summed E-state index contributed by atoms with van der Waals surface area (Å²) in [6.07, 6.45) is 4.44. The first kappa shape index (κ1) is 14.3. The molecule has 2 unspecified atom stereocenters. The Hall–Kier alpha value is -1.07. The molecule has 3 N–H and O–H groups in total. The van der Waals surface area contributed by atoms with E-state index in [1.165, 1.54) is 17.8 Å². The lowest BCUT2D eigenvalue weighted by molar-refractivity contribution is 0.0814. The van der Waals surface area contributed by atoms with Crippen molar-refractivity contribution in [1.29, 1.82) is 0 Å². The van der Waals surface area contributed by atoms with Gasteiger partial charge >= 0.3 is 0 Å². The van der Waals surface area contributed by atoms with E-state index < -0.39 is 0 Å². The summed E-state index contributed by atoms with van der Waals surface area (Å²) in [6.45, 7) is 2.67. The average Bonchev–Trinajstić information content (AvgIpc) is 2.90. The largest absolute Gasteiger partial charge is 0.495 e. The van der Waals surface area contributed by atoms with E-state index >= 15 is 0 Å². The SMILES string of the molecule is COc1ccsc1C(=O)NC1(CN)CCCCC1C. The van der Waals surface area contributed by atoms with Gasteiger partial charge in [0.2, 0.25) is 0 Å². The zero-order chi connectivity index (χ0) is 13.9. The fraction of sp³-hybridized carbons (Fsp3) is 0.643. The predicted molar refractivity (Wildman–Crippen MR) is 77.8 cm³/mol. The molecule has 1 aliphatic carbocycles. The molecule has 19 heavy (non-hydrogen) atoms. The molecule has 1 aromatic rings. The second-order valence-corrected chi connectivity index (χ2v) is 6.20.